The van der Waals surface area contributed by atoms with Crippen LogP contribution in [0.2, 0.25) is 0 Å². The molecule has 0 aromatic heterocycles. The first kappa shape index (κ1) is 10.7. The molecule has 2 atom stereocenters. The van der Waals surface area contributed by atoms with Crippen molar-refractivity contribution in [3.8, 4) is 0 Å². The maximum Gasteiger partial charge on any atom is 0.320 e. The van der Waals surface area contributed by atoms with Crippen molar-refractivity contribution in [2.24, 2.45) is 5.92 Å². The van der Waals surface area contributed by atoms with Gasteiger partial charge in [0.2, 0.25) is 0 Å². The Kier molecular flexibility index (Phi) is 2.64. The summed E-state index contributed by atoms with van der Waals surface area (Å²) < 4.78 is 0. The van der Waals surface area contributed by atoms with Crippen LogP contribution >= 0.6 is 0 Å². The number of carbonyl (C=O) groups excluding carboxylic acids is 1. The van der Waals surface area contributed by atoms with Crippen LogP contribution < -0.4 is 10.6 Å². The van der Waals surface area contributed by atoms with Crippen LogP contribution in [-0.4, -0.2) is 17.9 Å². The average molecular weight is 217 g/mol. The number of nitrogens with one attached hydrogen (secondary N) is 3. The molecule has 2 rings (SSSR count). The predicted molar refractivity (Wildman–Crippen MR) is 63.3 cm³/mol. The van der Waals surface area contributed by atoms with Crippen molar-refractivity contribution in [3.05, 3.63) is 35.5 Å². The van der Waals surface area contributed by atoms with Gasteiger partial charge in [0.1, 0.15) is 5.84 Å². The third-order valence-electron chi connectivity index (χ3n) is 2.64. The molecule has 3 N–H and O–H groups in total. The SMILES string of the molecule is CC(C)=CC1=CC=CC2NC(=O)NC(=N)C12. The molecule has 2 amide bonds. The van der Waals surface area contributed by atoms with Gasteiger partial charge in [-0.3, -0.25) is 10.7 Å². The van der Waals surface area contributed by atoms with Gasteiger partial charge >= 0.3 is 6.03 Å². The van der Waals surface area contributed by atoms with Crippen molar-refractivity contribution in [2.75, 3.05) is 0 Å². The molecule has 0 aromatic carbocycles. The van der Waals surface area contributed by atoms with Gasteiger partial charge in [-0.1, -0.05) is 29.9 Å². The minimum atomic E-state index is -0.297. The molecule has 0 spiro atoms. The molecule has 1 heterocycles. The predicted octanol–water partition coefficient (Wildman–Crippen LogP) is 1.72. The van der Waals surface area contributed by atoms with E-state index in [1.165, 1.54) is 5.57 Å². The fourth-order valence-corrected chi connectivity index (χ4v) is 2.04. The van der Waals surface area contributed by atoms with Crippen LogP contribution in [0.4, 0.5) is 4.79 Å². The summed E-state index contributed by atoms with van der Waals surface area (Å²) in [6.07, 6.45) is 7.88. The first-order valence-corrected chi connectivity index (χ1v) is 5.27. The molecular weight excluding hydrogens is 202 g/mol. The Morgan fingerprint density at radius 2 is 2.25 bits per heavy atom. The summed E-state index contributed by atoms with van der Waals surface area (Å²) in [6.45, 7) is 4.04. The molecule has 4 heteroatoms. The fraction of sp³-hybridized carbons (Fsp3) is 0.333. The quantitative estimate of drug-likeness (QED) is 0.615. The topological polar surface area (TPSA) is 65.0 Å². The molecule has 1 aliphatic carbocycles. The Labute approximate surface area is 94.6 Å². The number of amidine groups is 1. The Morgan fingerprint density at radius 3 is 2.94 bits per heavy atom. The minimum Gasteiger partial charge on any atom is -0.331 e. The standard InChI is InChI=1S/C12H15N3O/c1-7(2)6-8-4-3-5-9-10(8)11(13)15-12(16)14-9/h3-6,9-10H,1-2H3,(H3,13,14,15,16). The first-order valence-electron chi connectivity index (χ1n) is 5.27. The van der Waals surface area contributed by atoms with Gasteiger partial charge in [-0.25, -0.2) is 4.79 Å². The van der Waals surface area contributed by atoms with E-state index in [0.717, 1.165) is 5.57 Å². The van der Waals surface area contributed by atoms with Gasteiger partial charge in [0.25, 0.3) is 0 Å². The molecule has 16 heavy (non-hydrogen) atoms. The smallest absolute Gasteiger partial charge is 0.320 e. The third kappa shape index (κ3) is 1.91. The maximum absolute atomic E-state index is 11.2. The summed E-state index contributed by atoms with van der Waals surface area (Å²) in [5, 5.41) is 13.2. The van der Waals surface area contributed by atoms with Gasteiger partial charge < -0.3 is 5.32 Å². The van der Waals surface area contributed by atoms with Crippen LogP contribution in [0.5, 0.6) is 0 Å². The van der Waals surface area contributed by atoms with Crippen molar-refractivity contribution in [1.29, 1.82) is 5.41 Å². The van der Waals surface area contributed by atoms with Gasteiger partial charge in [-0.2, -0.15) is 0 Å². The van der Waals surface area contributed by atoms with Gasteiger partial charge in [0, 0.05) is 0 Å². The third-order valence-corrected chi connectivity index (χ3v) is 2.64. The van der Waals surface area contributed by atoms with Crippen LogP contribution in [0.15, 0.2) is 35.5 Å². The number of hydrogen-bond acceptors (Lipinski definition) is 2. The number of allylic oxidation sites excluding steroid dienone is 4. The van der Waals surface area contributed by atoms with E-state index >= 15 is 0 Å². The molecule has 0 radical (unpaired) electrons. The molecule has 1 aliphatic heterocycles. The van der Waals surface area contributed by atoms with E-state index < -0.39 is 0 Å². The van der Waals surface area contributed by atoms with E-state index in [0.29, 0.717) is 0 Å². The van der Waals surface area contributed by atoms with E-state index in [4.69, 9.17) is 5.41 Å². The average Bonchev–Trinajstić information content (AvgIpc) is 2.15. The van der Waals surface area contributed by atoms with E-state index in [1.54, 1.807) is 0 Å². The summed E-state index contributed by atoms with van der Waals surface area (Å²) in [6, 6.07) is -0.397. The first-order chi connectivity index (χ1) is 7.58. The van der Waals surface area contributed by atoms with Crippen molar-refractivity contribution in [2.45, 2.75) is 19.9 Å². The molecule has 0 saturated carbocycles. The lowest BCUT2D eigenvalue weighted by Gasteiger charge is -2.34. The summed E-state index contributed by atoms with van der Waals surface area (Å²) in [4.78, 5) is 11.2. The molecule has 2 aliphatic rings. The van der Waals surface area contributed by atoms with E-state index in [-0.39, 0.29) is 23.8 Å². The molecule has 1 saturated heterocycles. The van der Waals surface area contributed by atoms with E-state index in [9.17, 15) is 4.79 Å². The zero-order valence-electron chi connectivity index (χ0n) is 9.37. The molecule has 84 valence electrons. The van der Waals surface area contributed by atoms with Crippen LogP contribution in [0.1, 0.15) is 13.8 Å². The fourth-order valence-electron chi connectivity index (χ4n) is 2.04. The second-order valence-corrected chi connectivity index (χ2v) is 4.29. The Bertz CT molecular complexity index is 428. The molecule has 0 bridgehead atoms. The zero-order chi connectivity index (χ0) is 11.7. The van der Waals surface area contributed by atoms with Crippen LogP contribution in [0, 0.1) is 11.3 Å². The lowest BCUT2D eigenvalue weighted by atomic mass is 9.84. The highest BCUT2D eigenvalue weighted by Gasteiger charge is 2.34. The van der Waals surface area contributed by atoms with Gasteiger partial charge in [0.05, 0.1) is 12.0 Å². The summed E-state index contributed by atoms with van der Waals surface area (Å²) >= 11 is 0. The molecule has 2 unspecified atom stereocenters. The number of fused-ring (bicyclic) bond motifs is 1. The minimum absolute atomic E-state index is 0.0856. The summed E-state index contributed by atoms with van der Waals surface area (Å²) in [5.41, 5.74) is 2.25. The monoisotopic (exact) mass is 217 g/mol. The van der Waals surface area contributed by atoms with Gasteiger partial charge in [-0.15, -0.1) is 0 Å². The molecular formula is C12H15N3O. The van der Waals surface area contributed by atoms with Crippen molar-refractivity contribution < 1.29 is 4.79 Å². The summed E-state index contributed by atoms with van der Waals surface area (Å²) in [5.74, 6) is 0.180. The Hall–Kier alpha value is -1.84. The Morgan fingerprint density at radius 1 is 1.50 bits per heavy atom. The number of hydrogen-bond donors (Lipinski definition) is 3. The summed E-state index contributed by atoms with van der Waals surface area (Å²) in [7, 11) is 0. The lowest BCUT2D eigenvalue weighted by molar-refractivity contribution is 0.238. The van der Waals surface area contributed by atoms with Crippen LogP contribution in [-0.2, 0) is 0 Å². The highest BCUT2D eigenvalue weighted by Crippen LogP contribution is 2.25. The van der Waals surface area contributed by atoms with Crippen LogP contribution in [0.25, 0.3) is 0 Å². The second-order valence-electron chi connectivity index (χ2n) is 4.29. The van der Waals surface area contributed by atoms with Gasteiger partial charge in [-0.05, 0) is 19.4 Å². The van der Waals surface area contributed by atoms with Crippen LogP contribution in [0.3, 0.4) is 0 Å². The highest BCUT2D eigenvalue weighted by atomic mass is 16.2. The second kappa shape index (κ2) is 3.96. The molecule has 4 nitrogen and oxygen atoms in total. The number of urea groups is 1. The normalized spacial score (nSPS) is 27.5. The number of amides is 2. The van der Waals surface area contributed by atoms with Crippen molar-refractivity contribution >= 4 is 11.9 Å². The zero-order valence-corrected chi connectivity index (χ0v) is 9.37. The van der Waals surface area contributed by atoms with E-state index in [2.05, 4.69) is 16.7 Å². The highest BCUT2D eigenvalue weighted by molar-refractivity contribution is 6.02. The van der Waals surface area contributed by atoms with Crippen molar-refractivity contribution in [3.63, 3.8) is 0 Å². The Balaban J connectivity index is 2.32. The van der Waals surface area contributed by atoms with Gasteiger partial charge in [0.15, 0.2) is 0 Å². The molecule has 0 aromatic rings. The van der Waals surface area contributed by atoms with Crippen molar-refractivity contribution in [1.82, 2.24) is 10.6 Å². The number of carbonyl (C=O) groups is 1. The number of rotatable bonds is 1. The lowest BCUT2D eigenvalue weighted by Crippen LogP contribution is -2.58. The maximum atomic E-state index is 11.2. The largest absolute Gasteiger partial charge is 0.331 e. The van der Waals surface area contributed by atoms with E-state index in [1.807, 2.05) is 32.1 Å². The molecule has 1 fully saturated rings.